The highest BCUT2D eigenvalue weighted by Crippen LogP contribution is 2.36. The van der Waals surface area contributed by atoms with Gasteiger partial charge in [-0.25, -0.2) is 0 Å². The Morgan fingerprint density at radius 1 is 1.10 bits per heavy atom. The van der Waals surface area contributed by atoms with Gasteiger partial charge in [0.1, 0.15) is 0 Å². The molecule has 0 unspecified atom stereocenters. The molecule has 20 heavy (non-hydrogen) atoms. The van der Waals surface area contributed by atoms with E-state index in [9.17, 15) is 13.2 Å². The maximum atomic E-state index is 12.2. The first-order valence-electron chi connectivity index (χ1n) is 6.68. The summed E-state index contributed by atoms with van der Waals surface area (Å²) >= 11 is -0.0661. The van der Waals surface area contributed by atoms with Crippen molar-refractivity contribution in [3.05, 3.63) is 29.8 Å². The Balaban J connectivity index is 1.73. The van der Waals surface area contributed by atoms with Crippen molar-refractivity contribution >= 4 is 11.8 Å². The van der Waals surface area contributed by atoms with Crippen molar-refractivity contribution in [3.63, 3.8) is 0 Å². The molecule has 2 nitrogen and oxygen atoms in total. The molecule has 1 saturated heterocycles. The molecule has 1 aromatic rings. The van der Waals surface area contributed by atoms with Crippen molar-refractivity contribution < 1.29 is 17.9 Å². The molecule has 0 aliphatic carbocycles. The lowest BCUT2D eigenvalue weighted by Crippen LogP contribution is -2.36. The Morgan fingerprint density at radius 3 is 2.35 bits per heavy atom. The smallest absolute Gasteiger partial charge is 0.379 e. The maximum Gasteiger partial charge on any atom is 0.446 e. The van der Waals surface area contributed by atoms with Crippen molar-refractivity contribution in [2.45, 2.75) is 23.2 Å². The average molecular weight is 305 g/mol. The fraction of sp³-hybridized carbons (Fsp3) is 0.571. The molecule has 1 aromatic carbocycles. The van der Waals surface area contributed by atoms with E-state index in [0.717, 1.165) is 51.3 Å². The predicted molar refractivity (Wildman–Crippen MR) is 73.9 cm³/mol. The van der Waals surface area contributed by atoms with Gasteiger partial charge in [0, 0.05) is 18.0 Å². The first-order chi connectivity index (χ1) is 9.53. The molecule has 2 rings (SSSR count). The second-order valence-electron chi connectivity index (χ2n) is 4.75. The molecule has 0 amide bonds. The summed E-state index contributed by atoms with van der Waals surface area (Å²) in [4.78, 5) is 2.60. The van der Waals surface area contributed by atoms with E-state index in [4.69, 9.17) is 4.74 Å². The van der Waals surface area contributed by atoms with Crippen LogP contribution >= 0.6 is 11.8 Å². The van der Waals surface area contributed by atoms with E-state index in [-0.39, 0.29) is 16.7 Å². The standard InChI is InChI=1S/C14H18F3NOS/c15-14(16,17)20-13-5-3-12(4-6-13)2-1-7-18-8-10-19-11-9-18/h3-6H,1-2,7-11H2. The molecule has 112 valence electrons. The van der Waals surface area contributed by atoms with Crippen molar-refractivity contribution in [2.75, 3.05) is 32.8 Å². The number of morpholine rings is 1. The van der Waals surface area contributed by atoms with Gasteiger partial charge in [0.15, 0.2) is 0 Å². The summed E-state index contributed by atoms with van der Waals surface area (Å²) < 4.78 is 41.9. The van der Waals surface area contributed by atoms with E-state index < -0.39 is 5.51 Å². The van der Waals surface area contributed by atoms with Crippen LogP contribution in [0.2, 0.25) is 0 Å². The molecule has 6 heteroatoms. The number of ether oxygens (including phenoxy) is 1. The minimum atomic E-state index is -4.21. The van der Waals surface area contributed by atoms with Crippen molar-refractivity contribution in [2.24, 2.45) is 0 Å². The fourth-order valence-electron chi connectivity index (χ4n) is 2.19. The van der Waals surface area contributed by atoms with Crippen LogP contribution < -0.4 is 0 Å². The molecule has 0 aromatic heterocycles. The van der Waals surface area contributed by atoms with Crippen molar-refractivity contribution in [3.8, 4) is 0 Å². The van der Waals surface area contributed by atoms with E-state index in [1.54, 1.807) is 24.3 Å². The molecule has 0 N–H and O–H groups in total. The third-order valence-electron chi connectivity index (χ3n) is 3.20. The van der Waals surface area contributed by atoms with E-state index in [0.29, 0.717) is 0 Å². The molecule has 0 bridgehead atoms. The lowest BCUT2D eigenvalue weighted by Gasteiger charge is -2.26. The SMILES string of the molecule is FC(F)(F)Sc1ccc(CCCN2CCOCC2)cc1. The molecule has 0 saturated carbocycles. The predicted octanol–water partition coefficient (Wildman–Crippen LogP) is 3.56. The van der Waals surface area contributed by atoms with Crippen LogP contribution in [0.1, 0.15) is 12.0 Å². The third-order valence-corrected chi connectivity index (χ3v) is 3.94. The number of hydrogen-bond donors (Lipinski definition) is 0. The summed E-state index contributed by atoms with van der Waals surface area (Å²) in [5.41, 5.74) is -3.12. The molecule has 0 atom stereocenters. The maximum absolute atomic E-state index is 12.2. The molecule has 1 aliphatic heterocycles. The Hall–Kier alpha value is -0.720. The van der Waals surface area contributed by atoms with E-state index in [1.165, 1.54) is 0 Å². The molecular weight excluding hydrogens is 287 g/mol. The Morgan fingerprint density at radius 2 is 1.75 bits per heavy atom. The summed E-state index contributed by atoms with van der Waals surface area (Å²) in [5, 5.41) is 0. The Bertz CT molecular complexity index is 402. The number of thioether (sulfide) groups is 1. The van der Waals surface area contributed by atoms with Gasteiger partial charge in [0.25, 0.3) is 0 Å². The molecule has 1 heterocycles. The fourth-order valence-corrected chi connectivity index (χ4v) is 2.73. The highest BCUT2D eigenvalue weighted by atomic mass is 32.2. The van der Waals surface area contributed by atoms with Gasteiger partial charge in [-0.05, 0) is 48.8 Å². The minimum Gasteiger partial charge on any atom is -0.379 e. The highest BCUT2D eigenvalue weighted by molar-refractivity contribution is 8.00. The van der Waals surface area contributed by atoms with Crippen LogP contribution in [-0.2, 0) is 11.2 Å². The van der Waals surface area contributed by atoms with Crippen LogP contribution in [-0.4, -0.2) is 43.3 Å². The van der Waals surface area contributed by atoms with Gasteiger partial charge in [-0.1, -0.05) is 12.1 Å². The van der Waals surface area contributed by atoms with Gasteiger partial charge in [-0.15, -0.1) is 0 Å². The number of hydrogen-bond acceptors (Lipinski definition) is 3. The van der Waals surface area contributed by atoms with Gasteiger partial charge in [-0.3, -0.25) is 4.90 Å². The summed E-state index contributed by atoms with van der Waals surface area (Å²) in [6.07, 6.45) is 1.92. The number of halogens is 3. The Labute approximate surface area is 121 Å². The van der Waals surface area contributed by atoms with Crippen LogP contribution in [0.3, 0.4) is 0 Å². The summed E-state index contributed by atoms with van der Waals surface area (Å²) in [5.74, 6) is 0. The normalized spacial score (nSPS) is 17.4. The summed E-state index contributed by atoms with van der Waals surface area (Å²) in [7, 11) is 0. The van der Waals surface area contributed by atoms with Crippen LogP contribution in [0.5, 0.6) is 0 Å². The molecule has 0 spiro atoms. The van der Waals surface area contributed by atoms with Crippen LogP contribution in [0.4, 0.5) is 13.2 Å². The molecular formula is C14H18F3NOS. The van der Waals surface area contributed by atoms with Gasteiger partial charge in [-0.2, -0.15) is 13.2 Å². The van der Waals surface area contributed by atoms with Crippen molar-refractivity contribution in [1.29, 1.82) is 0 Å². The second kappa shape index (κ2) is 7.33. The van der Waals surface area contributed by atoms with Crippen LogP contribution in [0, 0.1) is 0 Å². The van der Waals surface area contributed by atoms with Crippen LogP contribution in [0.15, 0.2) is 29.2 Å². The first-order valence-corrected chi connectivity index (χ1v) is 7.49. The number of alkyl halides is 3. The molecule has 1 fully saturated rings. The number of benzene rings is 1. The van der Waals surface area contributed by atoms with E-state index in [2.05, 4.69) is 4.90 Å². The lowest BCUT2D eigenvalue weighted by atomic mass is 10.1. The average Bonchev–Trinajstić information content (AvgIpc) is 2.40. The van der Waals surface area contributed by atoms with Crippen LogP contribution in [0.25, 0.3) is 0 Å². The van der Waals surface area contributed by atoms with E-state index in [1.807, 2.05) is 0 Å². The first kappa shape index (κ1) is 15.7. The largest absolute Gasteiger partial charge is 0.446 e. The number of rotatable bonds is 5. The minimum absolute atomic E-state index is 0.0661. The summed E-state index contributed by atoms with van der Waals surface area (Å²) in [6.45, 7) is 4.55. The Kier molecular flexibility index (Phi) is 5.74. The lowest BCUT2D eigenvalue weighted by molar-refractivity contribution is -0.0328. The van der Waals surface area contributed by atoms with Gasteiger partial charge in [0.05, 0.1) is 13.2 Å². The zero-order valence-corrected chi connectivity index (χ0v) is 12.0. The molecule has 0 radical (unpaired) electrons. The zero-order chi connectivity index (χ0) is 14.4. The molecule has 1 aliphatic rings. The topological polar surface area (TPSA) is 12.5 Å². The summed E-state index contributed by atoms with van der Waals surface area (Å²) in [6, 6.07) is 6.66. The van der Waals surface area contributed by atoms with Gasteiger partial charge in [0.2, 0.25) is 0 Å². The zero-order valence-electron chi connectivity index (χ0n) is 11.2. The van der Waals surface area contributed by atoms with Gasteiger partial charge < -0.3 is 4.74 Å². The number of aryl methyl sites for hydroxylation is 1. The quantitative estimate of drug-likeness (QED) is 0.772. The highest BCUT2D eigenvalue weighted by Gasteiger charge is 2.28. The monoisotopic (exact) mass is 305 g/mol. The number of nitrogens with zero attached hydrogens (tertiary/aromatic N) is 1. The third kappa shape index (κ3) is 5.73. The van der Waals surface area contributed by atoms with E-state index >= 15 is 0 Å². The second-order valence-corrected chi connectivity index (χ2v) is 5.89. The van der Waals surface area contributed by atoms with Gasteiger partial charge >= 0.3 is 5.51 Å². The van der Waals surface area contributed by atoms with Crippen molar-refractivity contribution in [1.82, 2.24) is 4.90 Å².